The maximum absolute atomic E-state index is 11.7. The molecule has 2 atom stereocenters. The molecule has 1 fully saturated rings. The van der Waals surface area contributed by atoms with Crippen LogP contribution in [0.5, 0.6) is 0 Å². The molecule has 0 bridgehead atoms. The van der Waals surface area contributed by atoms with Crippen LogP contribution in [-0.2, 0) is 4.74 Å². The molecular formula is C11H17N3O2. The Morgan fingerprint density at radius 1 is 1.62 bits per heavy atom. The maximum Gasteiger partial charge on any atom is 0.356 e. The molecule has 1 aliphatic rings. The Bertz CT molecular complexity index is 375. The van der Waals surface area contributed by atoms with E-state index < -0.39 is 0 Å². The van der Waals surface area contributed by atoms with Gasteiger partial charge in [-0.1, -0.05) is 13.3 Å². The summed E-state index contributed by atoms with van der Waals surface area (Å²) < 4.78 is 5.40. The van der Waals surface area contributed by atoms with Crippen molar-refractivity contribution in [1.29, 1.82) is 0 Å². The second-order valence-corrected chi connectivity index (χ2v) is 4.51. The van der Waals surface area contributed by atoms with E-state index in [0.29, 0.717) is 17.4 Å². The van der Waals surface area contributed by atoms with Crippen molar-refractivity contribution in [2.75, 3.05) is 5.73 Å². The van der Waals surface area contributed by atoms with E-state index in [1.54, 1.807) is 0 Å². The lowest BCUT2D eigenvalue weighted by Gasteiger charge is -2.26. The molecule has 0 saturated heterocycles. The van der Waals surface area contributed by atoms with E-state index in [1.165, 1.54) is 12.5 Å². The number of carbonyl (C=O) groups is 1. The van der Waals surface area contributed by atoms with E-state index in [2.05, 4.69) is 17.1 Å². The molecule has 1 aromatic rings. The van der Waals surface area contributed by atoms with E-state index in [4.69, 9.17) is 10.5 Å². The summed E-state index contributed by atoms with van der Waals surface area (Å²) >= 11 is 0. The Morgan fingerprint density at radius 2 is 2.44 bits per heavy atom. The van der Waals surface area contributed by atoms with Crippen LogP contribution in [0.2, 0.25) is 0 Å². The van der Waals surface area contributed by atoms with Crippen LogP contribution in [0.4, 0.5) is 5.82 Å². The molecule has 0 aliphatic heterocycles. The molecule has 88 valence electrons. The number of nitrogens with one attached hydrogen (secondary N) is 1. The minimum absolute atomic E-state index is 0.0424. The van der Waals surface area contributed by atoms with Gasteiger partial charge in [-0.05, 0) is 25.2 Å². The minimum atomic E-state index is -0.358. The Hall–Kier alpha value is -1.52. The van der Waals surface area contributed by atoms with Crippen molar-refractivity contribution in [1.82, 2.24) is 10.2 Å². The number of aromatic amines is 1. The molecule has 0 amide bonds. The lowest BCUT2D eigenvalue weighted by Crippen LogP contribution is -2.24. The number of rotatable bonds is 2. The average molecular weight is 223 g/mol. The lowest BCUT2D eigenvalue weighted by atomic mass is 9.89. The Kier molecular flexibility index (Phi) is 3.12. The number of H-pyrrole nitrogens is 1. The minimum Gasteiger partial charge on any atom is -0.458 e. The van der Waals surface area contributed by atoms with Crippen molar-refractivity contribution in [2.24, 2.45) is 5.92 Å². The summed E-state index contributed by atoms with van der Waals surface area (Å²) in [6.07, 6.45) is 4.31. The summed E-state index contributed by atoms with van der Waals surface area (Å²) in [5, 5.41) is 6.25. The molecule has 5 heteroatoms. The molecule has 1 saturated carbocycles. The third-order valence-corrected chi connectivity index (χ3v) is 2.98. The molecule has 0 radical (unpaired) electrons. The van der Waals surface area contributed by atoms with Gasteiger partial charge in [-0.15, -0.1) is 0 Å². The molecule has 0 spiro atoms. The highest BCUT2D eigenvalue weighted by Gasteiger charge is 2.23. The van der Waals surface area contributed by atoms with Crippen molar-refractivity contribution >= 4 is 11.8 Å². The van der Waals surface area contributed by atoms with Crippen molar-refractivity contribution < 1.29 is 9.53 Å². The fraction of sp³-hybridized carbons (Fsp3) is 0.636. The van der Waals surface area contributed by atoms with Crippen LogP contribution < -0.4 is 5.73 Å². The number of esters is 1. The van der Waals surface area contributed by atoms with Gasteiger partial charge in [-0.2, -0.15) is 5.10 Å². The number of ether oxygens (including phenoxy) is 1. The number of anilines is 1. The highest BCUT2D eigenvalue weighted by atomic mass is 16.5. The van der Waals surface area contributed by atoms with E-state index in [-0.39, 0.29) is 12.1 Å². The maximum atomic E-state index is 11.7. The van der Waals surface area contributed by atoms with Crippen LogP contribution in [0, 0.1) is 5.92 Å². The van der Waals surface area contributed by atoms with Crippen LogP contribution in [0.3, 0.4) is 0 Å². The van der Waals surface area contributed by atoms with Gasteiger partial charge >= 0.3 is 5.97 Å². The van der Waals surface area contributed by atoms with Gasteiger partial charge in [-0.3, -0.25) is 5.10 Å². The van der Waals surface area contributed by atoms with Crippen LogP contribution in [0.25, 0.3) is 0 Å². The third kappa shape index (κ3) is 2.53. The van der Waals surface area contributed by atoms with Gasteiger partial charge in [0.15, 0.2) is 0 Å². The van der Waals surface area contributed by atoms with Gasteiger partial charge in [-0.25, -0.2) is 4.79 Å². The summed E-state index contributed by atoms with van der Waals surface area (Å²) in [5.41, 5.74) is 5.75. The van der Waals surface area contributed by atoms with Gasteiger partial charge in [0.05, 0.1) is 0 Å². The van der Waals surface area contributed by atoms with Gasteiger partial charge in [0.25, 0.3) is 0 Å². The number of hydrogen-bond donors (Lipinski definition) is 2. The molecule has 5 nitrogen and oxygen atoms in total. The first kappa shape index (κ1) is 11.0. The first-order valence-corrected chi connectivity index (χ1v) is 5.67. The highest BCUT2D eigenvalue weighted by Crippen LogP contribution is 2.26. The van der Waals surface area contributed by atoms with Gasteiger partial charge in [0.1, 0.15) is 17.6 Å². The van der Waals surface area contributed by atoms with E-state index >= 15 is 0 Å². The zero-order chi connectivity index (χ0) is 11.5. The third-order valence-electron chi connectivity index (χ3n) is 2.98. The SMILES string of the molecule is CC1CCCC(OC(=O)c2cc(N)n[nH]2)C1. The number of nitrogens with two attached hydrogens (primary N) is 1. The molecule has 2 rings (SSSR count). The smallest absolute Gasteiger partial charge is 0.356 e. The molecular weight excluding hydrogens is 206 g/mol. The largest absolute Gasteiger partial charge is 0.458 e. The van der Waals surface area contributed by atoms with Crippen LogP contribution in [0.15, 0.2) is 6.07 Å². The fourth-order valence-corrected chi connectivity index (χ4v) is 2.14. The summed E-state index contributed by atoms with van der Waals surface area (Å²) in [6.45, 7) is 2.19. The Balaban J connectivity index is 1.92. The van der Waals surface area contributed by atoms with E-state index in [0.717, 1.165) is 19.3 Å². The average Bonchev–Trinajstić information content (AvgIpc) is 2.65. The molecule has 1 aliphatic carbocycles. The first-order chi connectivity index (χ1) is 7.65. The van der Waals surface area contributed by atoms with Gasteiger partial charge in [0.2, 0.25) is 0 Å². The van der Waals surface area contributed by atoms with Crippen LogP contribution in [0.1, 0.15) is 43.1 Å². The summed E-state index contributed by atoms with van der Waals surface area (Å²) in [4.78, 5) is 11.7. The number of nitrogens with zero attached hydrogens (tertiary/aromatic N) is 1. The van der Waals surface area contributed by atoms with E-state index in [1.807, 2.05) is 0 Å². The van der Waals surface area contributed by atoms with Gasteiger partial charge in [0, 0.05) is 6.07 Å². The second-order valence-electron chi connectivity index (χ2n) is 4.51. The highest BCUT2D eigenvalue weighted by molar-refractivity contribution is 5.88. The van der Waals surface area contributed by atoms with Crippen molar-refractivity contribution in [3.8, 4) is 0 Å². The number of carbonyl (C=O) groups excluding carboxylic acids is 1. The number of hydrogen-bond acceptors (Lipinski definition) is 4. The molecule has 1 heterocycles. The van der Waals surface area contributed by atoms with Crippen LogP contribution in [-0.4, -0.2) is 22.3 Å². The van der Waals surface area contributed by atoms with Crippen LogP contribution >= 0.6 is 0 Å². The normalized spacial score (nSPS) is 25.3. The second kappa shape index (κ2) is 4.55. The first-order valence-electron chi connectivity index (χ1n) is 5.67. The number of nitrogen functional groups attached to an aromatic ring is 1. The summed E-state index contributed by atoms with van der Waals surface area (Å²) in [7, 11) is 0. The number of aromatic nitrogens is 2. The zero-order valence-corrected chi connectivity index (χ0v) is 9.40. The van der Waals surface area contributed by atoms with E-state index in [9.17, 15) is 4.79 Å². The molecule has 0 aromatic carbocycles. The standard InChI is InChI=1S/C11H17N3O2/c1-7-3-2-4-8(5-7)16-11(15)9-6-10(12)14-13-9/h6-8H,2-5H2,1H3,(H3,12,13,14). The quantitative estimate of drug-likeness (QED) is 0.748. The Labute approximate surface area is 94.4 Å². The molecule has 16 heavy (non-hydrogen) atoms. The monoisotopic (exact) mass is 223 g/mol. The lowest BCUT2D eigenvalue weighted by molar-refractivity contribution is 0.0148. The fourth-order valence-electron chi connectivity index (χ4n) is 2.14. The van der Waals surface area contributed by atoms with Crippen molar-refractivity contribution in [3.05, 3.63) is 11.8 Å². The van der Waals surface area contributed by atoms with Crippen molar-refractivity contribution in [3.63, 3.8) is 0 Å². The van der Waals surface area contributed by atoms with Crippen molar-refractivity contribution in [2.45, 2.75) is 38.7 Å². The molecule has 1 aromatic heterocycles. The summed E-state index contributed by atoms with van der Waals surface area (Å²) in [6, 6.07) is 1.49. The predicted octanol–water partition coefficient (Wildman–Crippen LogP) is 1.73. The zero-order valence-electron chi connectivity index (χ0n) is 9.40. The molecule has 3 N–H and O–H groups in total. The summed E-state index contributed by atoms with van der Waals surface area (Å²) in [5.74, 6) is 0.589. The molecule has 2 unspecified atom stereocenters. The van der Waals surface area contributed by atoms with Gasteiger partial charge < -0.3 is 10.5 Å². The Morgan fingerprint density at radius 3 is 3.06 bits per heavy atom. The topological polar surface area (TPSA) is 81.0 Å². The predicted molar refractivity (Wildman–Crippen MR) is 59.8 cm³/mol.